The van der Waals surface area contributed by atoms with Gasteiger partial charge in [-0.05, 0) is 123 Å². The Labute approximate surface area is 454 Å². The van der Waals surface area contributed by atoms with Gasteiger partial charge in [-0.25, -0.2) is 26.8 Å². The first-order valence-electron chi connectivity index (χ1n) is 25.4. The van der Waals surface area contributed by atoms with Crippen LogP contribution in [0.3, 0.4) is 0 Å². The molecule has 6 aromatic heterocycles. The van der Waals surface area contributed by atoms with E-state index in [4.69, 9.17) is 16.7 Å². The summed E-state index contributed by atoms with van der Waals surface area (Å²) in [5, 5.41) is 29.9. The van der Waals surface area contributed by atoms with Gasteiger partial charge < -0.3 is 10.0 Å². The lowest BCUT2D eigenvalue weighted by Crippen LogP contribution is -2.43. The van der Waals surface area contributed by atoms with Crippen LogP contribution in [0.4, 0.5) is 17.8 Å². The van der Waals surface area contributed by atoms with Gasteiger partial charge in [-0.1, -0.05) is 54.6 Å². The molecule has 0 spiro atoms. The number of nitrogens with zero attached hydrogens (tertiary/aromatic N) is 10. The molecule has 24 heteroatoms. The number of halogens is 1. The summed E-state index contributed by atoms with van der Waals surface area (Å²) in [4.78, 5) is 85.2. The van der Waals surface area contributed by atoms with E-state index < -0.39 is 21.0 Å². The molecule has 1 saturated heterocycles. The van der Waals surface area contributed by atoms with Gasteiger partial charge in [0.1, 0.15) is 0 Å². The second kappa shape index (κ2) is 21.7. The third-order valence-electron chi connectivity index (χ3n) is 13.5. The number of benzene rings is 3. The molecule has 4 N–H and O–H groups in total. The Morgan fingerprint density at radius 2 is 0.797 bits per heavy atom. The van der Waals surface area contributed by atoms with Crippen LogP contribution in [0.2, 0.25) is 0 Å². The molecular weight excluding hydrogens is 1050 g/mol. The predicted octanol–water partition coefficient (Wildman–Crippen LogP) is 7.18. The number of carbonyl (C=O) groups excluding carboxylic acids is 5. The van der Waals surface area contributed by atoms with E-state index >= 15 is 0 Å². The van der Waals surface area contributed by atoms with E-state index in [1.165, 1.54) is 0 Å². The lowest BCUT2D eigenvalue weighted by Gasteiger charge is -2.26. The Morgan fingerprint density at radius 1 is 0.468 bits per heavy atom. The highest BCUT2D eigenvalue weighted by molar-refractivity contribution is 7.91. The number of hydrogen-bond acceptors (Lipinski definition) is 14. The van der Waals surface area contributed by atoms with Crippen LogP contribution < -0.4 is 16.0 Å². The van der Waals surface area contributed by atoms with Crippen molar-refractivity contribution in [3.63, 3.8) is 0 Å². The van der Waals surface area contributed by atoms with Crippen molar-refractivity contribution < 1.29 is 42.3 Å². The summed E-state index contributed by atoms with van der Waals surface area (Å²) >= 11 is 5.47. The zero-order valence-electron chi connectivity index (χ0n) is 41.9. The monoisotopic (exact) mass is 1100 g/mol. The Morgan fingerprint density at radius 3 is 1.11 bits per heavy atom. The van der Waals surface area contributed by atoms with Crippen LogP contribution in [0.5, 0.6) is 0 Å². The molecule has 3 saturated carbocycles. The Kier molecular flexibility index (Phi) is 14.2. The highest BCUT2D eigenvalue weighted by atomic mass is 35.5. The number of fused-ring (bicyclic) bond motifs is 3. The van der Waals surface area contributed by atoms with Crippen LogP contribution in [0.15, 0.2) is 127 Å². The van der Waals surface area contributed by atoms with Crippen LogP contribution in [-0.2, 0) is 24.2 Å². The SMILES string of the molecule is O=C(Cl)c1ccc(-c2cccc3nc(NC(=O)C4CC4)nn23)cc1.O=C(Nc1nc2cccc(-c3ccc(C(=O)N4CCS(=O)(=O)CC4)cc3)n2n1)C1CC1.O=C(O)c1ccc(-c2cccc3nc(NC(=O)C4CC4)nn23)cc1. The first-order valence-corrected chi connectivity index (χ1v) is 27.6. The van der Waals surface area contributed by atoms with E-state index in [-0.39, 0.29) is 83.4 Å². The van der Waals surface area contributed by atoms with E-state index in [1.54, 1.807) is 85.2 Å². The van der Waals surface area contributed by atoms with Crippen molar-refractivity contribution in [2.24, 2.45) is 17.8 Å². The summed E-state index contributed by atoms with van der Waals surface area (Å²) in [6.45, 7) is 0.438. The summed E-state index contributed by atoms with van der Waals surface area (Å²) < 4.78 is 28.1. The number of amides is 4. The fraction of sp³-hybridized carbons (Fsp3) is 0.236. The number of aromatic nitrogens is 9. The molecule has 7 heterocycles. The fourth-order valence-electron chi connectivity index (χ4n) is 8.64. The third kappa shape index (κ3) is 12.0. The van der Waals surface area contributed by atoms with E-state index in [0.717, 1.165) is 72.3 Å². The number of sulfone groups is 1. The minimum Gasteiger partial charge on any atom is -0.478 e. The minimum atomic E-state index is -3.04. The molecule has 4 aliphatic rings. The first kappa shape index (κ1) is 51.9. The lowest BCUT2D eigenvalue weighted by atomic mass is 10.1. The molecular formula is C55H48ClN13O9S. The van der Waals surface area contributed by atoms with Gasteiger partial charge in [0, 0.05) is 58.7 Å². The zero-order chi connectivity index (χ0) is 55.0. The van der Waals surface area contributed by atoms with Gasteiger partial charge in [0.2, 0.25) is 35.6 Å². The van der Waals surface area contributed by atoms with Crippen LogP contribution in [0.25, 0.3) is 50.7 Å². The summed E-state index contributed by atoms with van der Waals surface area (Å²) in [5.74, 6) is -0.162. The van der Waals surface area contributed by atoms with E-state index in [9.17, 15) is 37.2 Å². The van der Waals surface area contributed by atoms with Gasteiger partial charge in [0.05, 0.1) is 34.2 Å². The average Bonchev–Trinajstić information content (AvgIpc) is 4.42. The lowest BCUT2D eigenvalue weighted by molar-refractivity contribution is -0.118. The molecule has 13 rings (SSSR count). The Balaban J connectivity index is 0.000000127. The summed E-state index contributed by atoms with van der Waals surface area (Å²) in [6.07, 6.45) is 5.50. The second-order valence-electron chi connectivity index (χ2n) is 19.4. The van der Waals surface area contributed by atoms with E-state index in [1.807, 2.05) is 60.7 Å². The quantitative estimate of drug-likeness (QED) is 0.0881. The standard InChI is InChI=1S/C21H21N5O4S.C17H13ClN4O2.C17H14N4O3/c27-19(15-6-7-15)23-21-22-18-3-1-2-17(26(18)24-21)14-4-8-16(9-5-14)20(28)25-10-12-31(29,30)13-11-25;18-15(23)11-6-4-10(5-7-11)13-2-1-3-14-19-17(21-22(13)14)20-16(24)12-8-9-12;22-15(11-6-7-11)19-17-18-14-3-1-2-13(21(14)20-17)10-4-8-12(9-5-10)16(23)24/h1-5,8-9,15H,6-7,10-13H2,(H,23,24,27);1-7,12H,8-9H2,(H,20,21,24);1-5,8-9,11H,6-7H2,(H,23,24)(H,19,20,22). The predicted molar refractivity (Wildman–Crippen MR) is 291 cm³/mol. The van der Waals surface area contributed by atoms with Crippen molar-refractivity contribution in [2.45, 2.75) is 38.5 Å². The van der Waals surface area contributed by atoms with Crippen molar-refractivity contribution in [1.29, 1.82) is 0 Å². The molecule has 0 radical (unpaired) electrons. The molecule has 3 aromatic carbocycles. The number of hydrogen-bond donors (Lipinski definition) is 4. The maximum absolute atomic E-state index is 12.7. The van der Waals surface area contributed by atoms with Gasteiger partial charge in [0.15, 0.2) is 26.8 Å². The summed E-state index contributed by atoms with van der Waals surface area (Å²) in [6, 6.07) is 37.2. The Bertz CT molecular complexity index is 3810. The van der Waals surface area contributed by atoms with Gasteiger partial charge in [0.25, 0.3) is 11.1 Å². The van der Waals surface area contributed by atoms with Crippen molar-refractivity contribution in [1.82, 2.24) is 48.7 Å². The number of pyridine rings is 3. The van der Waals surface area contributed by atoms with E-state index in [2.05, 4.69) is 46.2 Å². The molecule has 4 fully saturated rings. The third-order valence-corrected chi connectivity index (χ3v) is 15.4. The molecule has 1 aliphatic heterocycles. The summed E-state index contributed by atoms with van der Waals surface area (Å²) in [5.41, 5.74) is 7.90. The van der Waals surface area contributed by atoms with Gasteiger partial charge in [-0.2, -0.15) is 15.0 Å². The highest BCUT2D eigenvalue weighted by Gasteiger charge is 2.32. The van der Waals surface area contributed by atoms with Crippen molar-refractivity contribution in [2.75, 3.05) is 40.5 Å². The minimum absolute atomic E-state index is 0.00470. The van der Waals surface area contributed by atoms with Gasteiger partial charge in [-0.15, -0.1) is 15.3 Å². The molecule has 0 unspecified atom stereocenters. The molecule has 79 heavy (non-hydrogen) atoms. The number of aromatic carboxylic acids is 1. The van der Waals surface area contributed by atoms with Crippen molar-refractivity contribution in [3.05, 3.63) is 144 Å². The largest absolute Gasteiger partial charge is 0.478 e. The number of carbonyl (C=O) groups is 6. The fourth-order valence-corrected chi connectivity index (χ4v) is 9.97. The normalized spacial score (nSPS) is 15.5. The molecule has 3 aliphatic carbocycles. The van der Waals surface area contributed by atoms with Gasteiger partial charge >= 0.3 is 5.97 Å². The van der Waals surface area contributed by atoms with Crippen LogP contribution in [0, 0.1) is 17.8 Å². The number of carboxylic acids is 1. The molecule has 0 bridgehead atoms. The first-order chi connectivity index (χ1) is 38.1. The average molecular weight is 1100 g/mol. The number of nitrogens with one attached hydrogen (secondary N) is 3. The van der Waals surface area contributed by atoms with E-state index in [0.29, 0.717) is 34.0 Å². The topological polar surface area (TPSA) is 287 Å². The maximum atomic E-state index is 12.7. The number of rotatable bonds is 12. The van der Waals surface area contributed by atoms with Crippen LogP contribution >= 0.6 is 11.6 Å². The Hall–Kier alpha value is -9.22. The smallest absolute Gasteiger partial charge is 0.335 e. The molecule has 0 atom stereocenters. The number of carboxylic acid groups (broad SMARTS) is 1. The van der Waals surface area contributed by atoms with Crippen LogP contribution in [-0.4, -0.2) is 122 Å². The molecule has 9 aromatic rings. The summed E-state index contributed by atoms with van der Waals surface area (Å²) in [7, 11) is -3.04. The molecule has 400 valence electrons. The second-order valence-corrected chi connectivity index (χ2v) is 22.0. The number of anilines is 3. The molecule has 4 amide bonds. The van der Waals surface area contributed by atoms with Gasteiger partial charge in [-0.3, -0.25) is 39.9 Å². The molecule has 22 nitrogen and oxygen atoms in total. The van der Waals surface area contributed by atoms with Crippen molar-refractivity contribution in [3.8, 4) is 33.8 Å². The van der Waals surface area contributed by atoms with Crippen molar-refractivity contribution >= 4 is 91.1 Å². The zero-order valence-corrected chi connectivity index (χ0v) is 43.5. The van der Waals surface area contributed by atoms with Crippen LogP contribution in [0.1, 0.15) is 69.6 Å². The maximum Gasteiger partial charge on any atom is 0.335 e. The highest BCUT2D eigenvalue weighted by Crippen LogP contribution is 2.32.